The molecule has 1 aliphatic rings. The molecule has 3 heterocycles. The second kappa shape index (κ2) is 6.49. The normalized spacial score (nSPS) is 20.0. The minimum Gasteiger partial charge on any atom is -0.334 e. The highest BCUT2D eigenvalue weighted by molar-refractivity contribution is 5.94. The maximum atomic E-state index is 13.0. The highest BCUT2D eigenvalue weighted by atomic mass is 16.2. The molecule has 3 aromatic rings. The van der Waals surface area contributed by atoms with Crippen molar-refractivity contribution in [3.63, 3.8) is 0 Å². The molecule has 0 radical (unpaired) electrons. The summed E-state index contributed by atoms with van der Waals surface area (Å²) >= 11 is 0. The van der Waals surface area contributed by atoms with E-state index in [-0.39, 0.29) is 11.9 Å². The Kier molecular flexibility index (Phi) is 4.16. The summed E-state index contributed by atoms with van der Waals surface area (Å²) in [5.74, 6) is 0.275. The third-order valence-electron chi connectivity index (χ3n) is 5.19. The van der Waals surface area contributed by atoms with Crippen LogP contribution in [0.2, 0.25) is 0 Å². The van der Waals surface area contributed by atoms with Crippen LogP contribution in [0.3, 0.4) is 0 Å². The molecule has 7 heteroatoms. The van der Waals surface area contributed by atoms with Gasteiger partial charge in [-0.05, 0) is 44.9 Å². The summed E-state index contributed by atoms with van der Waals surface area (Å²) in [5.41, 5.74) is 8.55. The van der Waals surface area contributed by atoms with Gasteiger partial charge in [0.15, 0.2) is 5.69 Å². The minimum atomic E-state index is -0.0783. The first-order valence-electron chi connectivity index (χ1n) is 8.87. The lowest BCUT2D eigenvalue weighted by Gasteiger charge is -2.20. The summed E-state index contributed by atoms with van der Waals surface area (Å²) in [6.45, 7) is 5.21. The second-order valence-corrected chi connectivity index (χ2v) is 6.93. The molecule has 1 amide bonds. The molecule has 0 saturated carbocycles. The van der Waals surface area contributed by atoms with Gasteiger partial charge >= 0.3 is 0 Å². The van der Waals surface area contributed by atoms with E-state index in [4.69, 9.17) is 5.73 Å². The molecule has 2 aromatic heterocycles. The first-order valence-corrected chi connectivity index (χ1v) is 8.87. The first kappa shape index (κ1) is 16.7. The summed E-state index contributed by atoms with van der Waals surface area (Å²) in [4.78, 5) is 19.3. The Hall–Kier alpha value is -2.80. The number of carbonyl (C=O) groups excluding carboxylic acids is 1. The molecule has 1 fully saturated rings. The molecule has 1 aliphatic heterocycles. The molecule has 4 rings (SSSR count). The van der Waals surface area contributed by atoms with E-state index in [0.717, 1.165) is 28.7 Å². The first-order chi connectivity index (χ1) is 12.6. The number of hydrogen-bond donors (Lipinski definition) is 1. The fourth-order valence-electron chi connectivity index (χ4n) is 3.75. The lowest BCUT2D eigenvalue weighted by Crippen LogP contribution is -2.35. The number of aromatic nitrogens is 4. The van der Waals surface area contributed by atoms with Crippen molar-refractivity contribution < 1.29 is 4.79 Å². The van der Waals surface area contributed by atoms with Gasteiger partial charge in [0.05, 0.1) is 16.9 Å². The molecule has 0 spiro atoms. The fraction of sp³-hybridized carbons (Fsp3) is 0.368. The zero-order valence-corrected chi connectivity index (χ0v) is 15.0. The molecule has 7 nitrogen and oxygen atoms in total. The molecule has 0 bridgehead atoms. The molecule has 0 aliphatic carbocycles. The van der Waals surface area contributed by atoms with E-state index < -0.39 is 0 Å². The van der Waals surface area contributed by atoms with E-state index >= 15 is 0 Å². The van der Waals surface area contributed by atoms with Crippen molar-refractivity contribution in [2.24, 2.45) is 11.7 Å². The van der Waals surface area contributed by atoms with Crippen molar-refractivity contribution in [2.75, 3.05) is 13.1 Å². The number of rotatable bonds is 3. The Morgan fingerprint density at radius 1 is 1.31 bits per heavy atom. The average molecular weight is 350 g/mol. The number of carbonyl (C=O) groups is 1. The average Bonchev–Trinajstić information content (AvgIpc) is 3.23. The van der Waals surface area contributed by atoms with Crippen molar-refractivity contribution in [2.45, 2.75) is 26.3 Å². The monoisotopic (exact) mass is 350 g/mol. The number of para-hydroxylation sites is 1. The van der Waals surface area contributed by atoms with Crippen LogP contribution >= 0.6 is 0 Å². The molecule has 26 heavy (non-hydrogen) atoms. The van der Waals surface area contributed by atoms with Gasteiger partial charge in [0, 0.05) is 24.2 Å². The van der Waals surface area contributed by atoms with Crippen LogP contribution in [0.1, 0.15) is 29.5 Å². The summed E-state index contributed by atoms with van der Waals surface area (Å²) in [7, 11) is 0. The lowest BCUT2D eigenvalue weighted by molar-refractivity contribution is 0.0736. The van der Waals surface area contributed by atoms with E-state index in [1.54, 1.807) is 10.9 Å². The van der Waals surface area contributed by atoms with Crippen molar-refractivity contribution in [1.29, 1.82) is 0 Å². The SMILES string of the molecule is Cc1c(C(=O)N2CC(CN)CC2C)nnn1-c1cccc2cccnc12. The van der Waals surface area contributed by atoms with Crippen LogP contribution in [-0.4, -0.2) is 49.9 Å². The lowest BCUT2D eigenvalue weighted by atomic mass is 10.1. The largest absolute Gasteiger partial charge is 0.334 e. The Morgan fingerprint density at radius 2 is 2.12 bits per heavy atom. The number of likely N-dealkylation sites (tertiary alicyclic amines) is 1. The topological polar surface area (TPSA) is 89.9 Å². The van der Waals surface area contributed by atoms with Crippen LogP contribution in [0.25, 0.3) is 16.6 Å². The van der Waals surface area contributed by atoms with Gasteiger partial charge in [-0.1, -0.05) is 23.4 Å². The Labute approximate surface area is 151 Å². The van der Waals surface area contributed by atoms with Gasteiger partial charge in [-0.25, -0.2) is 4.68 Å². The van der Waals surface area contributed by atoms with Gasteiger partial charge in [-0.2, -0.15) is 0 Å². The highest BCUT2D eigenvalue weighted by Crippen LogP contribution is 2.26. The Morgan fingerprint density at radius 3 is 2.88 bits per heavy atom. The van der Waals surface area contributed by atoms with Gasteiger partial charge in [-0.3, -0.25) is 9.78 Å². The van der Waals surface area contributed by atoms with Gasteiger partial charge in [0.1, 0.15) is 0 Å². The quantitative estimate of drug-likeness (QED) is 0.779. The Bertz CT molecular complexity index is 960. The van der Waals surface area contributed by atoms with Gasteiger partial charge in [0.25, 0.3) is 5.91 Å². The zero-order chi connectivity index (χ0) is 18.3. The number of amides is 1. The van der Waals surface area contributed by atoms with Gasteiger partial charge in [0.2, 0.25) is 0 Å². The van der Waals surface area contributed by atoms with E-state index in [1.807, 2.05) is 42.2 Å². The number of fused-ring (bicyclic) bond motifs is 1. The highest BCUT2D eigenvalue weighted by Gasteiger charge is 2.34. The predicted molar refractivity (Wildman–Crippen MR) is 99.1 cm³/mol. The molecule has 1 saturated heterocycles. The number of nitrogens with two attached hydrogens (primary N) is 1. The van der Waals surface area contributed by atoms with Crippen molar-refractivity contribution >= 4 is 16.8 Å². The van der Waals surface area contributed by atoms with Crippen molar-refractivity contribution in [3.05, 3.63) is 47.9 Å². The minimum absolute atomic E-state index is 0.0783. The van der Waals surface area contributed by atoms with Gasteiger partial charge in [-0.15, -0.1) is 5.10 Å². The number of hydrogen-bond acceptors (Lipinski definition) is 5. The predicted octanol–water partition coefficient (Wildman–Crippen LogP) is 1.93. The van der Waals surface area contributed by atoms with Crippen LogP contribution in [-0.2, 0) is 0 Å². The maximum absolute atomic E-state index is 13.0. The smallest absolute Gasteiger partial charge is 0.276 e. The summed E-state index contributed by atoms with van der Waals surface area (Å²) in [5, 5.41) is 9.46. The third kappa shape index (κ3) is 2.64. The van der Waals surface area contributed by atoms with Crippen LogP contribution in [0, 0.1) is 12.8 Å². The van der Waals surface area contributed by atoms with E-state index in [0.29, 0.717) is 24.7 Å². The van der Waals surface area contributed by atoms with Crippen LogP contribution in [0.4, 0.5) is 0 Å². The number of pyridine rings is 1. The van der Waals surface area contributed by atoms with Crippen LogP contribution < -0.4 is 5.73 Å². The molecule has 2 atom stereocenters. The second-order valence-electron chi connectivity index (χ2n) is 6.93. The maximum Gasteiger partial charge on any atom is 0.276 e. The van der Waals surface area contributed by atoms with Crippen LogP contribution in [0.5, 0.6) is 0 Å². The summed E-state index contributed by atoms with van der Waals surface area (Å²) in [6.07, 6.45) is 2.69. The van der Waals surface area contributed by atoms with Crippen molar-refractivity contribution in [3.8, 4) is 5.69 Å². The molecule has 2 unspecified atom stereocenters. The van der Waals surface area contributed by atoms with Crippen LogP contribution in [0.15, 0.2) is 36.5 Å². The number of nitrogens with zero attached hydrogens (tertiary/aromatic N) is 5. The fourth-order valence-corrected chi connectivity index (χ4v) is 3.75. The molecular weight excluding hydrogens is 328 g/mol. The molecule has 134 valence electrons. The van der Waals surface area contributed by atoms with Gasteiger partial charge < -0.3 is 10.6 Å². The van der Waals surface area contributed by atoms with E-state index in [9.17, 15) is 4.79 Å². The van der Waals surface area contributed by atoms with Crippen molar-refractivity contribution in [1.82, 2.24) is 24.9 Å². The Balaban J connectivity index is 1.72. The number of benzene rings is 1. The third-order valence-corrected chi connectivity index (χ3v) is 5.19. The molecule has 2 N–H and O–H groups in total. The summed E-state index contributed by atoms with van der Waals surface area (Å²) < 4.78 is 1.70. The standard InChI is InChI=1S/C19H22N6O/c1-12-9-14(10-20)11-24(12)19(26)17-13(2)25(23-22-17)16-7-3-5-15-6-4-8-21-18(15)16/h3-8,12,14H,9-11,20H2,1-2H3. The van der Waals surface area contributed by atoms with E-state index in [1.165, 1.54) is 0 Å². The van der Waals surface area contributed by atoms with E-state index in [2.05, 4.69) is 22.2 Å². The molecular formula is C19H22N6O. The zero-order valence-electron chi connectivity index (χ0n) is 15.0. The summed E-state index contributed by atoms with van der Waals surface area (Å²) in [6, 6.07) is 9.97. The molecule has 1 aromatic carbocycles.